The van der Waals surface area contributed by atoms with Crippen molar-refractivity contribution in [2.45, 2.75) is 5.03 Å². The first-order valence-electron chi connectivity index (χ1n) is 2.91. The first-order valence-corrected chi connectivity index (χ1v) is 5.22. The van der Waals surface area contributed by atoms with Crippen LogP contribution in [0.2, 0.25) is 0 Å². The van der Waals surface area contributed by atoms with Crippen molar-refractivity contribution in [3.63, 3.8) is 0 Å². The molecule has 4 nitrogen and oxygen atoms in total. The van der Waals surface area contributed by atoms with Crippen molar-refractivity contribution in [1.82, 2.24) is 4.98 Å². The highest BCUT2D eigenvalue weighted by molar-refractivity contribution is 8.13. The summed E-state index contributed by atoms with van der Waals surface area (Å²) in [5, 5.41) is -0.311. The van der Waals surface area contributed by atoms with Crippen LogP contribution in [0.1, 0.15) is 10.5 Å². The van der Waals surface area contributed by atoms with Crippen molar-refractivity contribution in [2.75, 3.05) is 0 Å². The van der Waals surface area contributed by atoms with Gasteiger partial charge in [0.05, 0.1) is 0 Å². The van der Waals surface area contributed by atoms with E-state index in [0.29, 0.717) is 6.29 Å². The predicted molar refractivity (Wildman–Crippen MR) is 42.7 cm³/mol. The van der Waals surface area contributed by atoms with Crippen LogP contribution < -0.4 is 0 Å². The number of carbonyl (C=O) groups is 1. The summed E-state index contributed by atoms with van der Waals surface area (Å²) in [6.07, 6.45) is 0.450. The number of hydrogen-bond acceptors (Lipinski definition) is 4. The number of aromatic nitrogens is 1. The molecule has 1 aromatic heterocycles. The van der Waals surface area contributed by atoms with E-state index in [1.165, 1.54) is 18.2 Å². The third-order valence-corrected chi connectivity index (χ3v) is 2.32. The number of pyridine rings is 1. The molecule has 0 aliphatic carbocycles. The van der Waals surface area contributed by atoms with Crippen LogP contribution in [0.15, 0.2) is 23.2 Å². The van der Waals surface area contributed by atoms with Gasteiger partial charge in [0.2, 0.25) is 0 Å². The largest absolute Gasteiger partial charge is 0.296 e. The number of aldehydes is 1. The van der Waals surface area contributed by atoms with Crippen molar-refractivity contribution in [3.05, 3.63) is 23.9 Å². The lowest BCUT2D eigenvalue weighted by Crippen LogP contribution is -1.97. The molecule has 0 N–H and O–H groups in total. The van der Waals surface area contributed by atoms with Crippen molar-refractivity contribution < 1.29 is 13.2 Å². The fourth-order valence-corrected chi connectivity index (χ4v) is 1.35. The zero-order valence-corrected chi connectivity index (χ0v) is 7.34. The Labute approximate surface area is 73.6 Å². The second-order valence-corrected chi connectivity index (χ2v) is 4.47. The van der Waals surface area contributed by atoms with E-state index in [-0.39, 0.29) is 10.7 Å². The molecule has 64 valence electrons. The highest BCUT2D eigenvalue weighted by atomic mass is 35.7. The SMILES string of the molecule is O=Cc1cccc(S(=O)(=O)Cl)n1. The quantitative estimate of drug-likeness (QED) is 0.530. The van der Waals surface area contributed by atoms with Gasteiger partial charge in [-0.05, 0) is 12.1 Å². The summed E-state index contributed by atoms with van der Waals surface area (Å²) >= 11 is 0. The summed E-state index contributed by atoms with van der Waals surface area (Å²) in [4.78, 5) is 13.7. The van der Waals surface area contributed by atoms with E-state index in [1.807, 2.05) is 0 Å². The zero-order valence-electron chi connectivity index (χ0n) is 5.77. The number of rotatable bonds is 2. The molecule has 1 rings (SSSR count). The lowest BCUT2D eigenvalue weighted by Gasteiger charge is -1.94. The first kappa shape index (κ1) is 9.15. The minimum absolute atomic E-state index is 0.0386. The van der Waals surface area contributed by atoms with Gasteiger partial charge in [-0.1, -0.05) is 6.07 Å². The molecule has 0 fully saturated rings. The monoisotopic (exact) mass is 205 g/mol. The summed E-state index contributed by atoms with van der Waals surface area (Å²) in [7, 11) is 1.15. The molecule has 0 bridgehead atoms. The molecule has 1 heterocycles. The van der Waals surface area contributed by atoms with E-state index in [4.69, 9.17) is 10.7 Å². The summed E-state index contributed by atoms with van der Waals surface area (Å²) < 4.78 is 21.4. The summed E-state index contributed by atoms with van der Waals surface area (Å²) in [6, 6.07) is 4.00. The molecular weight excluding hydrogens is 202 g/mol. The van der Waals surface area contributed by atoms with Gasteiger partial charge in [0.25, 0.3) is 9.05 Å². The highest BCUT2D eigenvalue weighted by Crippen LogP contribution is 2.10. The summed E-state index contributed by atoms with van der Waals surface area (Å²) in [6.45, 7) is 0. The molecule has 0 aliphatic heterocycles. The van der Waals surface area contributed by atoms with Crippen LogP contribution in [0.5, 0.6) is 0 Å². The van der Waals surface area contributed by atoms with Gasteiger partial charge in [0.1, 0.15) is 5.69 Å². The number of hydrogen-bond donors (Lipinski definition) is 0. The molecule has 12 heavy (non-hydrogen) atoms. The number of nitrogens with zero attached hydrogens (tertiary/aromatic N) is 1. The van der Waals surface area contributed by atoms with E-state index >= 15 is 0 Å². The number of carbonyl (C=O) groups excluding carboxylic acids is 1. The third-order valence-electron chi connectivity index (χ3n) is 1.12. The molecule has 0 radical (unpaired) electrons. The normalized spacial score (nSPS) is 11.1. The van der Waals surface area contributed by atoms with E-state index in [1.54, 1.807) is 0 Å². The van der Waals surface area contributed by atoms with Gasteiger partial charge >= 0.3 is 0 Å². The van der Waals surface area contributed by atoms with Crippen molar-refractivity contribution in [2.24, 2.45) is 0 Å². The summed E-state index contributed by atoms with van der Waals surface area (Å²) in [5.41, 5.74) is 0.0386. The molecule has 0 aliphatic rings. The Kier molecular flexibility index (Phi) is 2.44. The molecular formula is C6H4ClNO3S. The maximum atomic E-state index is 10.7. The lowest BCUT2D eigenvalue weighted by atomic mass is 10.4. The Hall–Kier alpha value is -0.940. The van der Waals surface area contributed by atoms with Gasteiger partial charge in [0.15, 0.2) is 11.3 Å². The Balaban J connectivity index is 3.29. The summed E-state index contributed by atoms with van der Waals surface area (Å²) in [5.74, 6) is 0. The average Bonchev–Trinajstić information content (AvgIpc) is 2.03. The van der Waals surface area contributed by atoms with Crippen LogP contribution in [0, 0.1) is 0 Å². The van der Waals surface area contributed by atoms with Gasteiger partial charge in [-0.25, -0.2) is 13.4 Å². The maximum Gasteiger partial charge on any atom is 0.278 e. The first-order chi connectivity index (χ1) is 5.54. The van der Waals surface area contributed by atoms with Crippen molar-refractivity contribution >= 4 is 26.0 Å². The predicted octanol–water partition coefficient (Wildman–Crippen LogP) is 0.822. The molecule has 0 saturated heterocycles. The van der Waals surface area contributed by atoms with E-state index in [9.17, 15) is 13.2 Å². The van der Waals surface area contributed by atoms with Crippen molar-refractivity contribution in [1.29, 1.82) is 0 Å². The lowest BCUT2D eigenvalue weighted by molar-refractivity contribution is 0.111. The Bertz CT molecular complexity index is 401. The zero-order chi connectivity index (χ0) is 9.19. The third kappa shape index (κ3) is 2.02. The smallest absolute Gasteiger partial charge is 0.278 e. The van der Waals surface area contributed by atoms with Gasteiger partial charge in [-0.2, -0.15) is 0 Å². The van der Waals surface area contributed by atoms with Gasteiger partial charge in [-0.15, -0.1) is 0 Å². The second kappa shape index (κ2) is 3.20. The molecule has 1 aromatic rings. The Morgan fingerprint density at radius 3 is 2.58 bits per heavy atom. The van der Waals surface area contributed by atoms with Crippen LogP contribution in [0.4, 0.5) is 0 Å². The molecule has 0 atom stereocenters. The minimum atomic E-state index is -3.83. The number of halogens is 1. The molecule has 0 spiro atoms. The van der Waals surface area contributed by atoms with Crippen LogP contribution in [0.3, 0.4) is 0 Å². The minimum Gasteiger partial charge on any atom is -0.296 e. The Morgan fingerprint density at radius 1 is 1.42 bits per heavy atom. The van der Waals surface area contributed by atoms with Crippen LogP contribution in [0.25, 0.3) is 0 Å². The van der Waals surface area contributed by atoms with Crippen LogP contribution in [-0.4, -0.2) is 19.7 Å². The van der Waals surface area contributed by atoms with Crippen molar-refractivity contribution in [3.8, 4) is 0 Å². The maximum absolute atomic E-state index is 10.7. The molecule has 0 aromatic carbocycles. The van der Waals surface area contributed by atoms with Gasteiger partial charge in [0, 0.05) is 10.7 Å². The van der Waals surface area contributed by atoms with E-state index in [0.717, 1.165) is 0 Å². The topological polar surface area (TPSA) is 64.1 Å². The molecule has 0 amide bonds. The van der Waals surface area contributed by atoms with E-state index < -0.39 is 9.05 Å². The molecule has 0 unspecified atom stereocenters. The van der Waals surface area contributed by atoms with E-state index in [2.05, 4.69) is 4.98 Å². The Morgan fingerprint density at radius 2 is 2.08 bits per heavy atom. The van der Waals surface area contributed by atoms with Crippen LogP contribution in [-0.2, 0) is 9.05 Å². The van der Waals surface area contributed by atoms with Gasteiger partial charge < -0.3 is 0 Å². The van der Waals surface area contributed by atoms with Gasteiger partial charge in [-0.3, -0.25) is 4.79 Å². The average molecular weight is 206 g/mol. The standard InChI is InChI=1S/C6H4ClNO3S/c7-12(10,11)6-3-1-2-5(4-9)8-6/h1-4H. The molecule has 0 saturated carbocycles. The molecule has 6 heteroatoms. The second-order valence-electron chi connectivity index (χ2n) is 1.96. The van der Waals surface area contributed by atoms with Crippen LogP contribution >= 0.6 is 10.7 Å². The fourth-order valence-electron chi connectivity index (χ4n) is 0.632. The fraction of sp³-hybridized carbons (Fsp3) is 0. The highest BCUT2D eigenvalue weighted by Gasteiger charge is 2.11.